The molecule has 27 heavy (non-hydrogen) atoms. The molecule has 0 bridgehead atoms. The van der Waals surface area contributed by atoms with Crippen molar-refractivity contribution >= 4 is 23.6 Å². The van der Waals surface area contributed by atoms with Gasteiger partial charge in [-0.15, -0.1) is 11.8 Å². The van der Waals surface area contributed by atoms with Crippen LogP contribution in [0.3, 0.4) is 0 Å². The lowest BCUT2D eigenvalue weighted by Gasteiger charge is -2.17. The van der Waals surface area contributed by atoms with E-state index in [2.05, 4.69) is 10.9 Å². The molecule has 5 nitrogen and oxygen atoms in total. The van der Waals surface area contributed by atoms with Gasteiger partial charge < -0.3 is 4.74 Å². The van der Waals surface area contributed by atoms with Gasteiger partial charge in [-0.1, -0.05) is 12.1 Å². The van der Waals surface area contributed by atoms with Crippen molar-refractivity contribution in [2.24, 2.45) is 0 Å². The van der Waals surface area contributed by atoms with Crippen LogP contribution in [0, 0.1) is 19.7 Å². The summed E-state index contributed by atoms with van der Waals surface area (Å²) in [6, 6.07) is 11.7. The number of carbonyl (C=O) groups excluding carboxylic acids is 2. The summed E-state index contributed by atoms with van der Waals surface area (Å²) in [6.45, 7) is 5.51. The van der Waals surface area contributed by atoms with E-state index in [1.54, 1.807) is 25.1 Å². The van der Waals surface area contributed by atoms with E-state index in [-0.39, 0.29) is 18.1 Å². The third-order valence-electron chi connectivity index (χ3n) is 3.96. The molecule has 144 valence electrons. The molecule has 2 aromatic rings. The van der Waals surface area contributed by atoms with Crippen LogP contribution in [-0.4, -0.2) is 23.7 Å². The summed E-state index contributed by atoms with van der Waals surface area (Å²) in [7, 11) is 0. The van der Waals surface area contributed by atoms with Crippen molar-refractivity contribution in [3.05, 3.63) is 59.4 Å². The van der Waals surface area contributed by atoms with Gasteiger partial charge in [0, 0.05) is 17.1 Å². The monoisotopic (exact) mass is 390 g/mol. The highest BCUT2D eigenvalue weighted by Crippen LogP contribution is 2.21. The van der Waals surface area contributed by atoms with Gasteiger partial charge in [-0.2, -0.15) is 0 Å². The molecule has 2 N–H and O–H groups in total. The number of hydrogen-bond donors (Lipinski definition) is 2. The molecule has 0 spiro atoms. The van der Waals surface area contributed by atoms with Crippen molar-refractivity contribution < 1.29 is 18.7 Å². The highest BCUT2D eigenvalue weighted by atomic mass is 32.2. The molecule has 7 heteroatoms. The number of nitrogens with one attached hydrogen (secondary N) is 2. The zero-order valence-corrected chi connectivity index (χ0v) is 16.4. The number of aryl methyl sites for hydroxylation is 1. The Morgan fingerprint density at radius 3 is 2.52 bits per heavy atom. The van der Waals surface area contributed by atoms with Crippen LogP contribution < -0.4 is 15.6 Å². The average molecular weight is 390 g/mol. The number of ether oxygens (including phenoxy) is 1. The molecule has 0 aliphatic carbocycles. The third kappa shape index (κ3) is 6.60. The SMILES string of the molecule is Cc1cccc(OC(C)C(=O)NNC(=O)CCSc2ccc(F)cc2)c1C. The van der Waals surface area contributed by atoms with Crippen molar-refractivity contribution in [1.29, 1.82) is 0 Å². The van der Waals surface area contributed by atoms with Crippen molar-refractivity contribution in [2.45, 2.75) is 38.2 Å². The molecule has 1 atom stereocenters. The van der Waals surface area contributed by atoms with E-state index in [1.807, 2.05) is 26.0 Å². The molecule has 1 unspecified atom stereocenters. The van der Waals surface area contributed by atoms with Crippen LogP contribution >= 0.6 is 11.8 Å². The van der Waals surface area contributed by atoms with Crippen LogP contribution in [0.4, 0.5) is 4.39 Å². The number of hydrazine groups is 1. The van der Waals surface area contributed by atoms with Crippen molar-refractivity contribution in [3.8, 4) is 5.75 Å². The first-order valence-corrected chi connectivity index (χ1v) is 9.55. The summed E-state index contributed by atoms with van der Waals surface area (Å²) in [4.78, 5) is 24.8. The van der Waals surface area contributed by atoms with Crippen LogP contribution in [0.2, 0.25) is 0 Å². The Hall–Kier alpha value is -2.54. The highest BCUT2D eigenvalue weighted by molar-refractivity contribution is 7.99. The molecule has 0 fully saturated rings. The van der Waals surface area contributed by atoms with E-state index in [4.69, 9.17) is 4.74 Å². The van der Waals surface area contributed by atoms with Gasteiger partial charge in [-0.3, -0.25) is 20.4 Å². The quantitative estimate of drug-likeness (QED) is 0.561. The number of thioether (sulfide) groups is 1. The number of benzene rings is 2. The van der Waals surface area contributed by atoms with E-state index in [1.165, 1.54) is 23.9 Å². The average Bonchev–Trinajstić information content (AvgIpc) is 2.65. The van der Waals surface area contributed by atoms with E-state index < -0.39 is 12.0 Å². The standard InChI is InChI=1S/C20H23FN2O3S/c1-13-5-4-6-18(14(13)2)26-15(3)20(25)23-22-19(24)11-12-27-17-9-7-16(21)8-10-17/h4-10,15H,11-12H2,1-3H3,(H,22,24)(H,23,25). The molecule has 2 amide bonds. The second-order valence-corrected chi connectivity index (χ2v) is 7.22. The van der Waals surface area contributed by atoms with E-state index in [9.17, 15) is 14.0 Å². The number of hydrogen-bond acceptors (Lipinski definition) is 4. The van der Waals surface area contributed by atoms with E-state index >= 15 is 0 Å². The molecule has 0 saturated carbocycles. The summed E-state index contributed by atoms with van der Waals surface area (Å²) < 4.78 is 18.5. The number of amides is 2. The fourth-order valence-electron chi connectivity index (χ4n) is 2.18. The molecule has 0 radical (unpaired) electrons. The normalized spacial score (nSPS) is 11.6. The van der Waals surface area contributed by atoms with Gasteiger partial charge in [-0.25, -0.2) is 4.39 Å². The number of halogens is 1. The fourth-order valence-corrected chi connectivity index (χ4v) is 3.04. The molecule has 0 aliphatic heterocycles. The molecule has 2 rings (SSSR count). The predicted molar refractivity (Wildman–Crippen MR) is 104 cm³/mol. The minimum atomic E-state index is -0.751. The molecular formula is C20H23FN2O3S. The Bertz CT molecular complexity index is 796. The van der Waals surface area contributed by atoms with Gasteiger partial charge >= 0.3 is 0 Å². The Labute approximate surface area is 162 Å². The van der Waals surface area contributed by atoms with Crippen LogP contribution in [0.5, 0.6) is 5.75 Å². The van der Waals surface area contributed by atoms with Gasteiger partial charge in [0.15, 0.2) is 6.10 Å². The predicted octanol–water partition coefficient (Wildman–Crippen LogP) is 3.54. The zero-order valence-electron chi connectivity index (χ0n) is 15.5. The van der Waals surface area contributed by atoms with Gasteiger partial charge in [0.2, 0.25) is 5.91 Å². The molecular weight excluding hydrogens is 367 g/mol. The largest absolute Gasteiger partial charge is 0.481 e. The Morgan fingerprint density at radius 1 is 1.11 bits per heavy atom. The maximum atomic E-state index is 12.8. The minimum Gasteiger partial charge on any atom is -0.481 e. The first kappa shape index (κ1) is 20.8. The van der Waals surface area contributed by atoms with E-state index in [0.29, 0.717) is 11.5 Å². The zero-order chi connectivity index (χ0) is 19.8. The van der Waals surface area contributed by atoms with Crippen LogP contribution in [0.25, 0.3) is 0 Å². The summed E-state index contributed by atoms with van der Waals surface area (Å²) in [5, 5.41) is 0. The minimum absolute atomic E-state index is 0.217. The lowest BCUT2D eigenvalue weighted by Crippen LogP contribution is -2.47. The Balaban J connectivity index is 1.71. The van der Waals surface area contributed by atoms with Gasteiger partial charge in [0.25, 0.3) is 5.91 Å². The van der Waals surface area contributed by atoms with Crippen LogP contribution in [-0.2, 0) is 9.59 Å². The summed E-state index contributed by atoms with van der Waals surface area (Å²) in [5.41, 5.74) is 6.80. The van der Waals surface area contributed by atoms with Crippen LogP contribution in [0.15, 0.2) is 47.4 Å². The summed E-state index contributed by atoms with van der Waals surface area (Å²) >= 11 is 1.44. The van der Waals surface area contributed by atoms with Crippen molar-refractivity contribution in [2.75, 3.05) is 5.75 Å². The fraction of sp³-hybridized carbons (Fsp3) is 0.300. The second kappa shape index (κ2) is 9.97. The highest BCUT2D eigenvalue weighted by Gasteiger charge is 2.16. The third-order valence-corrected chi connectivity index (χ3v) is 4.98. The summed E-state index contributed by atoms with van der Waals surface area (Å²) in [5.74, 6) is 0.117. The molecule has 2 aromatic carbocycles. The maximum absolute atomic E-state index is 12.8. The van der Waals surface area contributed by atoms with Gasteiger partial charge in [-0.05, 0) is 62.2 Å². The lowest BCUT2D eigenvalue weighted by molar-refractivity contribution is -0.132. The molecule has 0 aliphatic rings. The summed E-state index contributed by atoms with van der Waals surface area (Å²) in [6.07, 6.45) is -0.534. The van der Waals surface area contributed by atoms with Gasteiger partial charge in [0.1, 0.15) is 11.6 Å². The molecule has 0 saturated heterocycles. The lowest BCUT2D eigenvalue weighted by atomic mass is 10.1. The van der Waals surface area contributed by atoms with E-state index in [0.717, 1.165) is 16.0 Å². The number of carbonyl (C=O) groups is 2. The topological polar surface area (TPSA) is 67.4 Å². The van der Waals surface area contributed by atoms with Crippen LogP contribution in [0.1, 0.15) is 24.5 Å². The first-order valence-electron chi connectivity index (χ1n) is 8.56. The second-order valence-electron chi connectivity index (χ2n) is 6.05. The molecule has 0 aromatic heterocycles. The molecule has 0 heterocycles. The Morgan fingerprint density at radius 2 is 1.81 bits per heavy atom. The van der Waals surface area contributed by atoms with Gasteiger partial charge in [0.05, 0.1) is 0 Å². The Kier molecular flexibility index (Phi) is 7.67. The smallest absolute Gasteiger partial charge is 0.279 e. The maximum Gasteiger partial charge on any atom is 0.279 e. The van der Waals surface area contributed by atoms with Crippen molar-refractivity contribution in [1.82, 2.24) is 10.9 Å². The first-order chi connectivity index (χ1) is 12.9. The van der Waals surface area contributed by atoms with Crippen molar-refractivity contribution in [3.63, 3.8) is 0 Å². The number of rotatable bonds is 7.